The van der Waals surface area contributed by atoms with Crippen LogP contribution in [0.3, 0.4) is 0 Å². The van der Waals surface area contributed by atoms with Crippen LogP contribution in [0.25, 0.3) is 10.9 Å². The maximum absolute atomic E-state index is 5.91. The van der Waals surface area contributed by atoms with Gasteiger partial charge in [0.2, 0.25) is 0 Å². The monoisotopic (exact) mass is 308 g/mol. The highest BCUT2D eigenvalue weighted by Gasteiger charge is 2.08. The minimum Gasteiger partial charge on any atom is -0.497 e. The summed E-state index contributed by atoms with van der Waals surface area (Å²) in [5.74, 6) is 0.792. The number of benzene rings is 1. The summed E-state index contributed by atoms with van der Waals surface area (Å²) in [6, 6.07) is 3.77. The highest BCUT2D eigenvalue weighted by Crippen LogP contribution is 2.29. The summed E-state index contributed by atoms with van der Waals surface area (Å²) in [5.41, 5.74) is 0.828. The van der Waals surface area contributed by atoms with E-state index in [1.165, 1.54) is 0 Å². The third-order valence-corrected chi connectivity index (χ3v) is 2.90. The Morgan fingerprint density at radius 3 is 3.00 bits per heavy atom. The number of halogens is 2. The van der Waals surface area contributed by atoms with Crippen molar-refractivity contribution in [2.24, 2.45) is 0 Å². The van der Waals surface area contributed by atoms with E-state index in [1.807, 2.05) is 12.1 Å². The highest BCUT2D eigenvalue weighted by molar-refractivity contribution is 14.1. The maximum atomic E-state index is 5.91. The van der Waals surface area contributed by atoms with E-state index in [0.717, 1.165) is 20.2 Å². The number of aromatic amines is 1. The smallest absolute Gasteiger partial charge is 0.133 e. The Bertz CT molecular complexity index is 455. The Balaban J connectivity index is 2.79. The molecule has 0 aliphatic carbocycles. The molecule has 2 rings (SSSR count). The van der Waals surface area contributed by atoms with Crippen LogP contribution in [-0.4, -0.2) is 17.3 Å². The van der Waals surface area contributed by atoms with Crippen molar-refractivity contribution >= 4 is 45.1 Å². The van der Waals surface area contributed by atoms with E-state index in [9.17, 15) is 0 Å². The number of H-pyrrole nitrogens is 1. The molecule has 0 spiro atoms. The average molecular weight is 309 g/mol. The van der Waals surface area contributed by atoms with E-state index >= 15 is 0 Å². The van der Waals surface area contributed by atoms with Gasteiger partial charge in [0.05, 0.1) is 18.0 Å². The molecule has 68 valence electrons. The predicted octanol–water partition coefficient (Wildman–Crippen LogP) is 2.83. The van der Waals surface area contributed by atoms with Gasteiger partial charge in [0.15, 0.2) is 0 Å². The van der Waals surface area contributed by atoms with Crippen molar-refractivity contribution in [2.45, 2.75) is 0 Å². The number of hydrogen-bond donors (Lipinski definition) is 1. The van der Waals surface area contributed by atoms with E-state index in [4.69, 9.17) is 16.3 Å². The van der Waals surface area contributed by atoms with Crippen LogP contribution < -0.4 is 4.74 Å². The van der Waals surface area contributed by atoms with Gasteiger partial charge >= 0.3 is 0 Å². The first-order valence-corrected chi connectivity index (χ1v) is 5.05. The summed E-state index contributed by atoms with van der Waals surface area (Å²) >= 11 is 8.11. The number of nitrogens with zero attached hydrogens (tertiary/aromatic N) is 1. The second kappa shape index (κ2) is 3.34. The molecular formula is C8H6ClIN2O. The van der Waals surface area contributed by atoms with Crippen LogP contribution in [0.5, 0.6) is 5.75 Å². The molecule has 1 heterocycles. The number of ether oxygens (including phenoxy) is 1. The van der Waals surface area contributed by atoms with Gasteiger partial charge in [-0.1, -0.05) is 11.6 Å². The first-order chi connectivity index (χ1) is 6.22. The molecule has 0 atom stereocenters. The molecule has 5 heteroatoms. The van der Waals surface area contributed by atoms with Gasteiger partial charge in [-0.3, -0.25) is 5.10 Å². The normalized spacial score (nSPS) is 10.7. The first kappa shape index (κ1) is 9.08. The van der Waals surface area contributed by atoms with Crippen molar-refractivity contribution in [1.29, 1.82) is 0 Å². The van der Waals surface area contributed by atoms with Crippen molar-refractivity contribution in [2.75, 3.05) is 7.11 Å². The summed E-state index contributed by atoms with van der Waals surface area (Å²) in [4.78, 5) is 0. The van der Waals surface area contributed by atoms with Gasteiger partial charge in [-0.2, -0.15) is 5.10 Å². The summed E-state index contributed by atoms with van der Waals surface area (Å²) in [5, 5.41) is 8.29. The molecule has 0 saturated carbocycles. The van der Waals surface area contributed by atoms with Crippen molar-refractivity contribution in [3.05, 3.63) is 20.9 Å². The molecule has 3 nitrogen and oxygen atoms in total. The third kappa shape index (κ3) is 1.48. The number of aromatic nitrogens is 2. The Labute approximate surface area is 93.6 Å². The zero-order valence-corrected chi connectivity index (χ0v) is 9.68. The zero-order valence-electron chi connectivity index (χ0n) is 6.77. The zero-order chi connectivity index (χ0) is 9.42. The summed E-state index contributed by atoms with van der Waals surface area (Å²) in [6.07, 6.45) is 0. The fourth-order valence-corrected chi connectivity index (χ4v) is 2.41. The largest absolute Gasteiger partial charge is 0.497 e. The second-order valence-electron chi connectivity index (χ2n) is 2.54. The minimum absolute atomic E-state index is 0.571. The SMILES string of the molecule is COc1cc(I)c2c(Cl)[nH]nc2c1. The molecule has 0 saturated heterocycles. The molecule has 0 aliphatic rings. The van der Waals surface area contributed by atoms with Gasteiger partial charge in [-0.25, -0.2) is 0 Å². The van der Waals surface area contributed by atoms with Gasteiger partial charge in [0.25, 0.3) is 0 Å². The standard InChI is InChI=1S/C8H6ClIN2O/c1-13-4-2-5(10)7-6(3-4)11-12-8(7)9/h2-3H,1H3,(H,11,12). The number of rotatable bonds is 1. The Morgan fingerprint density at radius 2 is 2.31 bits per heavy atom. The van der Waals surface area contributed by atoms with E-state index < -0.39 is 0 Å². The molecule has 1 aromatic carbocycles. The van der Waals surface area contributed by atoms with Crippen LogP contribution in [-0.2, 0) is 0 Å². The molecule has 0 aliphatic heterocycles. The van der Waals surface area contributed by atoms with Gasteiger partial charge in [0, 0.05) is 9.64 Å². The van der Waals surface area contributed by atoms with Crippen LogP contribution >= 0.6 is 34.2 Å². The predicted molar refractivity (Wildman–Crippen MR) is 60.4 cm³/mol. The van der Waals surface area contributed by atoms with E-state index in [-0.39, 0.29) is 0 Å². The van der Waals surface area contributed by atoms with Crippen molar-refractivity contribution < 1.29 is 4.74 Å². The fourth-order valence-electron chi connectivity index (χ4n) is 1.16. The van der Waals surface area contributed by atoms with Crippen molar-refractivity contribution in [1.82, 2.24) is 10.2 Å². The molecule has 0 fully saturated rings. The number of fused-ring (bicyclic) bond motifs is 1. The summed E-state index contributed by atoms with van der Waals surface area (Å²) in [6.45, 7) is 0. The maximum Gasteiger partial charge on any atom is 0.133 e. The minimum atomic E-state index is 0.571. The van der Waals surface area contributed by atoms with E-state index in [0.29, 0.717) is 5.15 Å². The third-order valence-electron chi connectivity index (χ3n) is 1.77. The number of methoxy groups -OCH3 is 1. The van der Waals surface area contributed by atoms with Gasteiger partial charge in [-0.15, -0.1) is 0 Å². The average Bonchev–Trinajstić information content (AvgIpc) is 2.48. The molecule has 0 amide bonds. The molecule has 0 unspecified atom stereocenters. The molecule has 1 N–H and O–H groups in total. The highest BCUT2D eigenvalue weighted by atomic mass is 127. The fraction of sp³-hybridized carbons (Fsp3) is 0.125. The molecule has 13 heavy (non-hydrogen) atoms. The number of hydrogen-bond acceptors (Lipinski definition) is 2. The van der Waals surface area contributed by atoms with Gasteiger partial charge < -0.3 is 4.74 Å². The van der Waals surface area contributed by atoms with Crippen LogP contribution in [0.1, 0.15) is 0 Å². The van der Waals surface area contributed by atoms with Gasteiger partial charge in [0.1, 0.15) is 10.9 Å². The van der Waals surface area contributed by atoms with E-state index in [1.54, 1.807) is 7.11 Å². The first-order valence-electron chi connectivity index (χ1n) is 3.59. The molecular weight excluding hydrogens is 302 g/mol. The van der Waals surface area contributed by atoms with Crippen LogP contribution in [0.15, 0.2) is 12.1 Å². The topological polar surface area (TPSA) is 37.9 Å². The molecule has 0 radical (unpaired) electrons. The Hall–Kier alpha value is -0.490. The van der Waals surface area contributed by atoms with Crippen LogP contribution in [0, 0.1) is 3.57 Å². The lowest BCUT2D eigenvalue weighted by Gasteiger charge is -2.00. The lowest BCUT2D eigenvalue weighted by Crippen LogP contribution is -1.84. The van der Waals surface area contributed by atoms with Crippen molar-refractivity contribution in [3.8, 4) is 5.75 Å². The second-order valence-corrected chi connectivity index (χ2v) is 4.08. The number of nitrogens with one attached hydrogen (secondary N) is 1. The summed E-state index contributed by atoms with van der Waals surface area (Å²) < 4.78 is 6.14. The molecule has 2 aromatic rings. The lowest BCUT2D eigenvalue weighted by atomic mass is 10.2. The van der Waals surface area contributed by atoms with Crippen molar-refractivity contribution in [3.63, 3.8) is 0 Å². The molecule has 0 bridgehead atoms. The Kier molecular flexibility index (Phi) is 2.33. The Morgan fingerprint density at radius 1 is 1.54 bits per heavy atom. The quantitative estimate of drug-likeness (QED) is 0.823. The van der Waals surface area contributed by atoms with Crippen LogP contribution in [0.2, 0.25) is 5.15 Å². The van der Waals surface area contributed by atoms with Crippen LogP contribution in [0.4, 0.5) is 0 Å². The van der Waals surface area contributed by atoms with E-state index in [2.05, 4.69) is 32.8 Å². The lowest BCUT2D eigenvalue weighted by molar-refractivity contribution is 0.415. The summed E-state index contributed by atoms with van der Waals surface area (Å²) in [7, 11) is 1.63. The van der Waals surface area contributed by atoms with Gasteiger partial charge in [-0.05, 0) is 28.7 Å². The molecule has 1 aromatic heterocycles.